The van der Waals surface area contributed by atoms with Crippen LogP contribution in [0.2, 0.25) is 0 Å². The third kappa shape index (κ3) is 4.74. The van der Waals surface area contributed by atoms with Crippen molar-refractivity contribution in [2.24, 2.45) is 5.73 Å². The Bertz CT molecular complexity index is 778. The number of hydrogen-bond acceptors (Lipinski definition) is 1. The summed E-state index contributed by atoms with van der Waals surface area (Å²) in [5, 5.41) is 1.23. The lowest BCUT2D eigenvalue weighted by Crippen LogP contribution is -2.23. The van der Waals surface area contributed by atoms with Gasteiger partial charge in [0.05, 0.1) is 0 Å². The molecule has 0 saturated heterocycles. The first-order valence-corrected chi connectivity index (χ1v) is 12.3. The number of unbranched alkanes of at least 4 members (excludes halogenated alkanes) is 2. The number of amides is 1. The average Bonchev–Trinajstić information content (AvgIpc) is 2.66. The molecular weight excluding hydrogens is 349 g/mol. The highest BCUT2D eigenvalue weighted by Crippen LogP contribution is 2.54. The first-order valence-electron chi connectivity index (χ1n) is 10.1. The van der Waals surface area contributed by atoms with Crippen LogP contribution in [0.15, 0.2) is 48.5 Å². The van der Waals surface area contributed by atoms with Gasteiger partial charge in [0.25, 0.3) is 0 Å². The van der Waals surface area contributed by atoms with Crippen LogP contribution in [-0.4, -0.2) is 23.3 Å². The highest BCUT2D eigenvalue weighted by molar-refractivity contribution is 7.91. The summed E-state index contributed by atoms with van der Waals surface area (Å²) in [6.45, 7) is 6.51. The van der Waals surface area contributed by atoms with E-state index in [1.54, 1.807) is 0 Å². The van der Waals surface area contributed by atoms with Gasteiger partial charge in [-0.3, -0.25) is 4.79 Å². The number of rotatable bonds is 9. The van der Waals surface area contributed by atoms with Crippen LogP contribution in [-0.2, 0) is 0 Å². The maximum Gasteiger partial charge on any atom is 0.238 e. The van der Waals surface area contributed by atoms with Crippen molar-refractivity contribution in [2.45, 2.75) is 53.4 Å². The van der Waals surface area contributed by atoms with Crippen LogP contribution in [0.4, 0.5) is 4.79 Å². The zero-order valence-corrected chi connectivity index (χ0v) is 18.2. The highest BCUT2D eigenvalue weighted by Gasteiger charge is 2.31. The smallest absolute Gasteiger partial charge is 0.238 e. The summed E-state index contributed by atoms with van der Waals surface area (Å²) in [7, 11) is 0. The van der Waals surface area contributed by atoms with Crippen LogP contribution in [0.3, 0.4) is 0 Å². The predicted octanol–water partition coefficient (Wildman–Crippen LogP) is 6.57. The Morgan fingerprint density at radius 2 is 1.22 bits per heavy atom. The molecule has 0 bridgehead atoms. The van der Waals surface area contributed by atoms with Crippen LogP contribution < -0.4 is 5.73 Å². The van der Waals surface area contributed by atoms with Crippen molar-refractivity contribution >= 4 is 17.8 Å². The standard InChI is InChI=1S/C24H34NOP/c1-5-7-17-27(24(25)26,18-8-6-2)23(21-15-11-9-13-19(21)3)22-16-12-10-14-20(22)4/h9-16H,5-8,17-18H2,1-4H3,(H2,25,26). The molecule has 0 fully saturated rings. The number of hydrogen-bond donors (Lipinski definition) is 1. The molecule has 27 heavy (non-hydrogen) atoms. The predicted molar refractivity (Wildman–Crippen MR) is 122 cm³/mol. The third-order valence-corrected chi connectivity index (χ3v) is 9.78. The van der Waals surface area contributed by atoms with Crippen molar-refractivity contribution in [2.75, 3.05) is 12.3 Å². The minimum absolute atomic E-state index is 0.0779. The second-order valence-corrected chi connectivity index (χ2v) is 11.2. The van der Waals surface area contributed by atoms with Gasteiger partial charge in [0.1, 0.15) is 0 Å². The summed E-state index contributed by atoms with van der Waals surface area (Å²) in [5.74, 6) is 0. The zero-order chi connectivity index (χ0) is 19.9. The first-order chi connectivity index (χ1) is 13.0. The molecule has 0 atom stereocenters. The fraction of sp³-hybridized carbons (Fsp3) is 0.417. The number of nitrogens with two attached hydrogens (primary N) is 1. The lowest BCUT2D eigenvalue weighted by molar-refractivity contribution is 0.266. The molecule has 0 radical (unpaired) electrons. The lowest BCUT2D eigenvalue weighted by Gasteiger charge is -2.30. The van der Waals surface area contributed by atoms with Gasteiger partial charge in [-0.1, -0.05) is 75.2 Å². The van der Waals surface area contributed by atoms with E-state index in [1.807, 2.05) is 0 Å². The van der Waals surface area contributed by atoms with Gasteiger partial charge in [-0.2, -0.15) is 0 Å². The second kappa shape index (κ2) is 9.95. The summed E-state index contributed by atoms with van der Waals surface area (Å²) in [6.07, 6.45) is 6.07. The Morgan fingerprint density at radius 3 is 1.56 bits per heavy atom. The van der Waals surface area contributed by atoms with Crippen LogP contribution in [0.5, 0.6) is 0 Å². The van der Waals surface area contributed by atoms with Gasteiger partial charge in [-0.05, 0) is 73.4 Å². The Labute approximate surface area is 165 Å². The van der Waals surface area contributed by atoms with E-state index in [-0.39, 0.29) is 5.65 Å². The summed E-state index contributed by atoms with van der Waals surface area (Å²) >= 11 is 0. The Balaban J connectivity index is 2.96. The molecule has 0 unspecified atom stereocenters. The molecule has 0 spiro atoms. The van der Waals surface area contributed by atoms with Crippen molar-refractivity contribution in [3.05, 3.63) is 70.8 Å². The van der Waals surface area contributed by atoms with Gasteiger partial charge < -0.3 is 5.73 Å². The van der Waals surface area contributed by atoms with Gasteiger partial charge in [0, 0.05) is 0 Å². The molecule has 2 nitrogen and oxygen atoms in total. The van der Waals surface area contributed by atoms with Crippen molar-refractivity contribution in [1.29, 1.82) is 0 Å². The number of carbonyl (C=O) groups is 1. The highest BCUT2D eigenvalue weighted by atomic mass is 31.2. The van der Waals surface area contributed by atoms with E-state index in [2.05, 4.69) is 76.2 Å². The fourth-order valence-electron chi connectivity index (χ4n) is 3.81. The van der Waals surface area contributed by atoms with Gasteiger partial charge >= 0.3 is 0 Å². The molecular formula is C24H34NOP. The van der Waals surface area contributed by atoms with Gasteiger partial charge in [0.15, 0.2) is 0 Å². The summed E-state index contributed by atoms with van der Waals surface area (Å²) in [4.78, 5) is 13.1. The maximum atomic E-state index is 13.1. The summed E-state index contributed by atoms with van der Waals surface area (Å²) in [6, 6.07) is 16.9. The minimum Gasteiger partial charge on any atom is -0.366 e. The third-order valence-electron chi connectivity index (χ3n) is 5.44. The number of aryl methyl sites for hydroxylation is 2. The summed E-state index contributed by atoms with van der Waals surface area (Å²) < 4.78 is 0. The van der Waals surface area contributed by atoms with Gasteiger partial charge in [-0.15, -0.1) is 0 Å². The number of primary amides is 1. The van der Waals surface area contributed by atoms with E-state index in [0.717, 1.165) is 38.0 Å². The lowest BCUT2D eigenvalue weighted by atomic mass is 9.97. The molecule has 2 aromatic rings. The van der Waals surface area contributed by atoms with Crippen LogP contribution in [0, 0.1) is 13.8 Å². The molecule has 2 rings (SSSR count). The number of benzene rings is 2. The topological polar surface area (TPSA) is 43.1 Å². The average molecular weight is 384 g/mol. The molecule has 0 aromatic heterocycles. The molecule has 0 aliphatic rings. The molecule has 0 heterocycles. The molecule has 1 amide bonds. The Kier molecular flexibility index (Phi) is 7.92. The normalized spacial score (nSPS) is 11.4. The van der Waals surface area contributed by atoms with Crippen LogP contribution in [0.25, 0.3) is 0 Å². The van der Waals surface area contributed by atoms with Crippen molar-refractivity contribution in [1.82, 2.24) is 0 Å². The molecule has 0 aliphatic heterocycles. The molecule has 2 N–H and O–H groups in total. The van der Waals surface area contributed by atoms with Crippen molar-refractivity contribution in [3.8, 4) is 0 Å². The molecule has 0 aliphatic carbocycles. The Hall–Kier alpha value is -1.79. The first kappa shape index (κ1) is 21.5. The maximum absolute atomic E-state index is 13.1. The van der Waals surface area contributed by atoms with Crippen molar-refractivity contribution < 1.29 is 4.79 Å². The Morgan fingerprint density at radius 1 is 0.815 bits per heavy atom. The second-order valence-electron chi connectivity index (χ2n) is 7.44. The van der Waals surface area contributed by atoms with Crippen LogP contribution in [0.1, 0.15) is 61.8 Å². The van der Waals surface area contributed by atoms with Crippen molar-refractivity contribution in [3.63, 3.8) is 0 Å². The molecule has 146 valence electrons. The molecule has 2 aromatic carbocycles. The fourth-order valence-corrected chi connectivity index (χ4v) is 8.27. The van der Waals surface area contributed by atoms with E-state index in [9.17, 15) is 4.79 Å². The van der Waals surface area contributed by atoms with E-state index in [1.165, 1.54) is 27.5 Å². The van der Waals surface area contributed by atoms with E-state index >= 15 is 0 Å². The number of carbonyl (C=O) groups excluding carboxylic acids is 1. The largest absolute Gasteiger partial charge is 0.366 e. The zero-order valence-electron chi connectivity index (χ0n) is 17.3. The van der Waals surface area contributed by atoms with E-state index in [4.69, 9.17) is 5.73 Å². The van der Waals surface area contributed by atoms with Gasteiger partial charge in [-0.25, -0.2) is 0 Å². The minimum atomic E-state index is -2.15. The summed E-state index contributed by atoms with van der Waals surface area (Å²) in [5.41, 5.74) is 11.0. The van der Waals surface area contributed by atoms with Gasteiger partial charge in [0.2, 0.25) is 5.65 Å². The monoisotopic (exact) mass is 383 g/mol. The van der Waals surface area contributed by atoms with Crippen LogP contribution >= 0.6 is 6.89 Å². The SMILES string of the molecule is CCCCP(CCCC)(C(N)=O)=C(c1ccccc1C)c1ccccc1C. The quantitative estimate of drug-likeness (QED) is 0.489. The van der Waals surface area contributed by atoms with E-state index < -0.39 is 6.89 Å². The molecule has 0 saturated carbocycles. The molecule has 3 heteroatoms. The van der Waals surface area contributed by atoms with E-state index in [0.29, 0.717) is 0 Å².